The number of carbonyl (C=O) groups excluding carboxylic acids is 2. The van der Waals surface area contributed by atoms with Gasteiger partial charge in [0.2, 0.25) is 5.91 Å². The number of rotatable bonds is 3. The van der Waals surface area contributed by atoms with E-state index in [9.17, 15) is 14.7 Å². The Balaban J connectivity index is 1.48. The molecule has 3 atom stereocenters. The summed E-state index contributed by atoms with van der Waals surface area (Å²) in [6.45, 7) is 11.3. The highest BCUT2D eigenvalue weighted by atomic mass is 16.5. The van der Waals surface area contributed by atoms with Crippen LogP contribution in [0.5, 0.6) is 11.5 Å². The van der Waals surface area contributed by atoms with Crippen LogP contribution in [0.2, 0.25) is 0 Å². The van der Waals surface area contributed by atoms with Crippen LogP contribution in [-0.2, 0) is 4.79 Å². The predicted octanol–water partition coefficient (Wildman–Crippen LogP) is 3.83. The highest BCUT2D eigenvalue weighted by molar-refractivity contribution is 6.00. The van der Waals surface area contributed by atoms with Gasteiger partial charge in [-0.2, -0.15) is 0 Å². The molecule has 0 radical (unpaired) electrons. The average Bonchev–Trinajstić information content (AvgIpc) is 2.79. The van der Waals surface area contributed by atoms with Gasteiger partial charge in [0.15, 0.2) is 5.96 Å². The summed E-state index contributed by atoms with van der Waals surface area (Å²) in [5.41, 5.74) is -0.238. The van der Waals surface area contributed by atoms with Gasteiger partial charge < -0.3 is 25.2 Å². The Morgan fingerprint density at radius 3 is 2.45 bits per heavy atom. The number of aliphatic hydroxyl groups is 1. The zero-order chi connectivity index (χ0) is 27.6. The number of para-hydroxylation sites is 1. The molecular formula is C29H36N4O5. The zero-order valence-corrected chi connectivity index (χ0v) is 22.7. The maximum absolute atomic E-state index is 13.6. The molecule has 4 N–H and O–H groups in total. The molecule has 0 saturated carbocycles. The van der Waals surface area contributed by atoms with Crippen molar-refractivity contribution < 1.29 is 24.2 Å². The van der Waals surface area contributed by atoms with Gasteiger partial charge in [-0.25, -0.2) is 0 Å². The number of fused-ring (bicyclic) bond motifs is 2. The second-order valence-corrected chi connectivity index (χ2v) is 12.3. The molecule has 1 saturated heterocycles. The Kier molecular flexibility index (Phi) is 5.98. The van der Waals surface area contributed by atoms with Crippen LogP contribution < -0.4 is 20.1 Å². The molecule has 9 heteroatoms. The van der Waals surface area contributed by atoms with E-state index >= 15 is 0 Å². The molecule has 202 valence electrons. The highest BCUT2D eigenvalue weighted by Crippen LogP contribution is 2.44. The SMILES string of the molecule is CC1(C)CC(=O)N([C@@H]2CC(C)(C)Oc3ccc(C(=O)N[C@@H]4c5ccccc5OC(C)(C)[C@H]4O)cc32)C(=N)N1. The molecule has 1 fully saturated rings. The van der Waals surface area contributed by atoms with E-state index < -0.39 is 34.9 Å². The van der Waals surface area contributed by atoms with Crippen LogP contribution >= 0.6 is 0 Å². The van der Waals surface area contributed by atoms with Crippen molar-refractivity contribution >= 4 is 17.8 Å². The summed E-state index contributed by atoms with van der Waals surface area (Å²) >= 11 is 0. The summed E-state index contributed by atoms with van der Waals surface area (Å²) in [7, 11) is 0. The minimum atomic E-state index is -0.975. The van der Waals surface area contributed by atoms with Gasteiger partial charge in [-0.3, -0.25) is 19.9 Å². The van der Waals surface area contributed by atoms with E-state index in [1.54, 1.807) is 32.0 Å². The second-order valence-electron chi connectivity index (χ2n) is 12.3. The first-order valence-corrected chi connectivity index (χ1v) is 13.0. The van der Waals surface area contributed by atoms with E-state index in [4.69, 9.17) is 14.9 Å². The lowest BCUT2D eigenvalue weighted by Crippen LogP contribution is -2.61. The Morgan fingerprint density at radius 2 is 1.74 bits per heavy atom. The van der Waals surface area contributed by atoms with Gasteiger partial charge in [-0.05, 0) is 65.8 Å². The summed E-state index contributed by atoms with van der Waals surface area (Å²) in [6, 6.07) is 11.4. The van der Waals surface area contributed by atoms with Crippen molar-refractivity contribution in [3.05, 3.63) is 59.2 Å². The number of guanidine groups is 1. The largest absolute Gasteiger partial charge is 0.487 e. The van der Waals surface area contributed by atoms with Crippen LogP contribution in [0.3, 0.4) is 0 Å². The third kappa shape index (κ3) is 4.60. The van der Waals surface area contributed by atoms with Crippen molar-refractivity contribution in [2.45, 2.75) is 89.3 Å². The molecule has 9 nitrogen and oxygen atoms in total. The molecule has 3 heterocycles. The number of amides is 2. The molecule has 38 heavy (non-hydrogen) atoms. The van der Waals surface area contributed by atoms with Gasteiger partial charge >= 0.3 is 0 Å². The number of carbonyl (C=O) groups is 2. The van der Waals surface area contributed by atoms with E-state index in [-0.39, 0.29) is 24.2 Å². The van der Waals surface area contributed by atoms with Crippen molar-refractivity contribution in [1.29, 1.82) is 5.41 Å². The predicted molar refractivity (Wildman–Crippen MR) is 142 cm³/mol. The third-order valence-electron chi connectivity index (χ3n) is 7.52. The number of hydrogen-bond acceptors (Lipinski definition) is 6. The van der Waals surface area contributed by atoms with Crippen LogP contribution in [0.15, 0.2) is 42.5 Å². The average molecular weight is 521 g/mol. The third-order valence-corrected chi connectivity index (χ3v) is 7.52. The van der Waals surface area contributed by atoms with E-state index in [1.165, 1.54) is 4.90 Å². The number of hydrogen-bond donors (Lipinski definition) is 4. The summed E-state index contributed by atoms with van der Waals surface area (Å²) in [5.74, 6) is 0.718. The van der Waals surface area contributed by atoms with Crippen LogP contribution in [0, 0.1) is 5.41 Å². The Morgan fingerprint density at radius 1 is 1.05 bits per heavy atom. The van der Waals surface area contributed by atoms with E-state index in [2.05, 4.69) is 10.6 Å². The summed E-state index contributed by atoms with van der Waals surface area (Å²) < 4.78 is 12.2. The molecule has 5 rings (SSSR count). The van der Waals surface area contributed by atoms with Crippen molar-refractivity contribution in [2.75, 3.05) is 0 Å². The quantitative estimate of drug-likeness (QED) is 0.488. The smallest absolute Gasteiger partial charge is 0.251 e. The summed E-state index contributed by atoms with van der Waals surface area (Å²) in [6.07, 6.45) is -0.266. The molecule has 3 aliphatic rings. The molecule has 2 amide bonds. The second kappa shape index (κ2) is 8.73. The fraction of sp³-hybridized carbons (Fsp3) is 0.483. The number of nitrogens with zero attached hydrogens (tertiary/aromatic N) is 1. The van der Waals surface area contributed by atoms with Gasteiger partial charge in [0.25, 0.3) is 5.91 Å². The molecule has 0 aromatic heterocycles. The first kappa shape index (κ1) is 26.0. The van der Waals surface area contributed by atoms with E-state index in [1.807, 2.05) is 52.0 Å². The minimum Gasteiger partial charge on any atom is -0.487 e. The van der Waals surface area contributed by atoms with Crippen LogP contribution in [0.4, 0.5) is 0 Å². The maximum Gasteiger partial charge on any atom is 0.251 e. The lowest BCUT2D eigenvalue weighted by molar-refractivity contribution is -0.133. The Bertz CT molecular complexity index is 1300. The Hall–Kier alpha value is -3.59. The summed E-state index contributed by atoms with van der Waals surface area (Å²) in [5, 5.41) is 25.8. The molecule has 2 aromatic rings. The van der Waals surface area contributed by atoms with Gasteiger partial charge in [0.1, 0.15) is 28.8 Å². The number of ether oxygens (including phenoxy) is 2. The van der Waals surface area contributed by atoms with Gasteiger partial charge in [0.05, 0.1) is 12.1 Å². The molecular weight excluding hydrogens is 484 g/mol. The van der Waals surface area contributed by atoms with E-state index in [0.717, 1.165) is 0 Å². The lowest BCUT2D eigenvalue weighted by atomic mass is 9.85. The van der Waals surface area contributed by atoms with E-state index in [0.29, 0.717) is 34.6 Å². The van der Waals surface area contributed by atoms with Gasteiger partial charge in [0, 0.05) is 35.1 Å². The molecule has 0 bridgehead atoms. The maximum atomic E-state index is 13.6. The molecule has 3 aliphatic heterocycles. The summed E-state index contributed by atoms with van der Waals surface area (Å²) in [4.78, 5) is 28.3. The minimum absolute atomic E-state index is 0.0407. The molecule has 0 spiro atoms. The number of benzene rings is 2. The van der Waals surface area contributed by atoms with Crippen LogP contribution in [0.1, 0.15) is 88.0 Å². The number of nitrogens with one attached hydrogen (secondary N) is 3. The molecule has 0 unspecified atom stereocenters. The molecule has 0 aliphatic carbocycles. The molecule has 2 aromatic carbocycles. The standard InChI is InChI=1S/C29H36N4O5/c1-27(2)15-22(34)33(26(30)32-27)19-14-28(3,4)37-21-12-11-16(13-18(19)21)25(36)31-23-17-9-7-8-10-20(17)38-29(5,6)24(23)35/h7-13,19,23-24,35H,14-15H2,1-6H3,(H2,30,32)(H,31,36)/t19-,23-,24+/m1/s1. The van der Waals surface area contributed by atoms with Crippen molar-refractivity contribution in [3.8, 4) is 11.5 Å². The van der Waals surface area contributed by atoms with Gasteiger partial charge in [-0.1, -0.05) is 18.2 Å². The van der Waals surface area contributed by atoms with Crippen LogP contribution in [0.25, 0.3) is 0 Å². The number of aliphatic hydroxyl groups excluding tert-OH is 1. The van der Waals surface area contributed by atoms with Crippen molar-refractivity contribution in [1.82, 2.24) is 15.5 Å². The van der Waals surface area contributed by atoms with Crippen LogP contribution in [-0.4, -0.2) is 50.6 Å². The fourth-order valence-electron chi connectivity index (χ4n) is 5.66. The highest BCUT2D eigenvalue weighted by Gasteiger charge is 2.46. The van der Waals surface area contributed by atoms with Gasteiger partial charge in [-0.15, -0.1) is 0 Å². The Labute approximate surface area is 223 Å². The van der Waals surface area contributed by atoms with Crippen molar-refractivity contribution in [3.63, 3.8) is 0 Å². The fourth-order valence-corrected chi connectivity index (χ4v) is 5.66. The first-order chi connectivity index (χ1) is 17.7. The first-order valence-electron chi connectivity index (χ1n) is 13.0. The normalized spacial score (nSPS) is 26.7. The zero-order valence-electron chi connectivity index (χ0n) is 22.7. The van der Waals surface area contributed by atoms with Crippen molar-refractivity contribution in [2.24, 2.45) is 0 Å². The monoisotopic (exact) mass is 520 g/mol. The lowest BCUT2D eigenvalue weighted by Gasteiger charge is -2.46. The topological polar surface area (TPSA) is 124 Å².